The predicted octanol–water partition coefficient (Wildman–Crippen LogP) is 3.64. The zero-order chi connectivity index (χ0) is 20.4. The summed E-state index contributed by atoms with van der Waals surface area (Å²) in [5.41, 5.74) is 1.53. The lowest BCUT2D eigenvalue weighted by molar-refractivity contribution is -0.0504. The molecule has 1 heterocycles. The number of nitrogens with one attached hydrogen (secondary N) is 2. The molecule has 28 heavy (non-hydrogen) atoms. The van der Waals surface area contributed by atoms with Gasteiger partial charge in [-0.15, -0.1) is 0 Å². The van der Waals surface area contributed by atoms with E-state index in [0.717, 1.165) is 12.0 Å². The van der Waals surface area contributed by atoms with Gasteiger partial charge in [0.25, 0.3) is 0 Å². The van der Waals surface area contributed by atoms with E-state index in [2.05, 4.69) is 25.3 Å². The van der Waals surface area contributed by atoms with Gasteiger partial charge in [0.1, 0.15) is 16.7 Å². The summed E-state index contributed by atoms with van der Waals surface area (Å²) in [7, 11) is 1.51. The third-order valence-corrected chi connectivity index (χ3v) is 3.95. The van der Waals surface area contributed by atoms with Crippen molar-refractivity contribution in [3.8, 4) is 11.5 Å². The number of halogens is 3. The first kappa shape index (κ1) is 21.7. The summed E-state index contributed by atoms with van der Waals surface area (Å²) in [5, 5.41) is 6.77. The Morgan fingerprint density at radius 2 is 2.07 bits per heavy atom. The van der Waals surface area contributed by atoms with Gasteiger partial charge in [0, 0.05) is 24.8 Å². The fourth-order valence-corrected chi connectivity index (χ4v) is 2.51. The van der Waals surface area contributed by atoms with Crippen LogP contribution in [0.2, 0.25) is 5.15 Å². The molecule has 0 aliphatic heterocycles. The van der Waals surface area contributed by atoms with E-state index in [0.29, 0.717) is 35.5 Å². The van der Waals surface area contributed by atoms with Crippen LogP contribution >= 0.6 is 11.6 Å². The molecule has 0 saturated heterocycles. The summed E-state index contributed by atoms with van der Waals surface area (Å²) < 4.78 is 35.0. The molecule has 0 atom stereocenters. The Labute approximate surface area is 167 Å². The number of aromatic nitrogens is 1. The van der Waals surface area contributed by atoms with Gasteiger partial charge in [-0.05, 0) is 43.2 Å². The van der Waals surface area contributed by atoms with Crippen LogP contribution in [0.1, 0.15) is 18.1 Å². The van der Waals surface area contributed by atoms with Crippen molar-refractivity contribution in [1.82, 2.24) is 15.6 Å². The Hall–Kier alpha value is -2.61. The van der Waals surface area contributed by atoms with Crippen molar-refractivity contribution in [2.45, 2.75) is 26.5 Å². The first-order valence-corrected chi connectivity index (χ1v) is 9.14. The van der Waals surface area contributed by atoms with Gasteiger partial charge in [-0.25, -0.2) is 9.98 Å². The third kappa shape index (κ3) is 7.19. The molecule has 1 aromatic carbocycles. The van der Waals surface area contributed by atoms with Crippen LogP contribution in [0.3, 0.4) is 0 Å². The molecule has 2 aromatic rings. The number of methoxy groups -OCH3 is 1. The van der Waals surface area contributed by atoms with Crippen LogP contribution in [0.25, 0.3) is 0 Å². The van der Waals surface area contributed by atoms with Crippen LogP contribution in [0.15, 0.2) is 41.5 Å². The second-order valence-corrected chi connectivity index (χ2v) is 6.10. The van der Waals surface area contributed by atoms with Gasteiger partial charge in [0.05, 0.1) is 13.7 Å². The zero-order valence-corrected chi connectivity index (χ0v) is 16.5. The van der Waals surface area contributed by atoms with Crippen LogP contribution in [-0.4, -0.2) is 37.8 Å². The molecule has 0 amide bonds. The molecule has 0 radical (unpaired) electrons. The molecule has 1 aromatic heterocycles. The van der Waals surface area contributed by atoms with Crippen LogP contribution in [0.5, 0.6) is 11.5 Å². The van der Waals surface area contributed by atoms with E-state index in [9.17, 15) is 8.78 Å². The molecule has 2 N–H and O–H groups in total. The molecule has 0 aliphatic carbocycles. The molecule has 0 aliphatic rings. The normalized spacial score (nSPS) is 11.4. The van der Waals surface area contributed by atoms with Crippen LogP contribution in [0, 0.1) is 0 Å². The summed E-state index contributed by atoms with van der Waals surface area (Å²) in [6.45, 7) is 0.463. The average molecular weight is 413 g/mol. The number of hydrogen-bond donors (Lipinski definition) is 2. The first-order chi connectivity index (χ1) is 13.5. The predicted molar refractivity (Wildman–Crippen MR) is 105 cm³/mol. The van der Waals surface area contributed by atoms with E-state index in [1.165, 1.54) is 13.2 Å². The average Bonchev–Trinajstić information content (AvgIpc) is 2.68. The molecule has 9 heteroatoms. The Morgan fingerprint density at radius 3 is 2.71 bits per heavy atom. The van der Waals surface area contributed by atoms with E-state index < -0.39 is 6.61 Å². The Bertz CT molecular complexity index is 773. The highest BCUT2D eigenvalue weighted by molar-refractivity contribution is 6.29. The number of aliphatic imine (C=N–C) groups is 1. The molecule has 6 nitrogen and oxygen atoms in total. The molecule has 0 spiro atoms. The maximum Gasteiger partial charge on any atom is 0.387 e. The number of hydrogen-bond acceptors (Lipinski definition) is 4. The van der Waals surface area contributed by atoms with Crippen molar-refractivity contribution in [3.05, 3.63) is 52.8 Å². The minimum absolute atomic E-state index is 0.0719. The van der Waals surface area contributed by atoms with E-state index in [1.54, 1.807) is 24.4 Å². The molecular weight excluding hydrogens is 390 g/mol. The fraction of sp³-hybridized carbons (Fsp3) is 0.368. The SMILES string of the molecule is CCNC(=NCc1cc(OC)ccc1OC(F)F)NCCc1ccc(Cl)nc1. The van der Waals surface area contributed by atoms with Gasteiger partial charge in [-0.2, -0.15) is 8.78 Å². The Morgan fingerprint density at radius 1 is 1.25 bits per heavy atom. The molecule has 0 saturated carbocycles. The lowest BCUT2D eigenvalue weighted by atomic mass is 10.2. The van der Waals surface area contributed by atoms with Crippen molar-refractivity contribution in [3.63, 3.8) is 0 Å². The molecule has 0 fully saturated rings. The van der Waals surface area contributed by atoms with Crippen LogP contribution < -0.4 is 20.1 Å². The topological polar surface area (TPSA) is 67.8 Å². The van der Waals surface area contributed by atoms with Gasteiger partial charge in [0.2, 0.25) is 0 Å². The molecule has 2 rings (SSSR count). The van der Waals surface area contributed by atoms with Gasteiger partial charge in [-0.3, -0.25) is 0 Å². The second kappa shape index (κ2) is 11.3. The number of nitrogens with zero attached hydrogens (tertiary/aromatic N) is 2. The van der Waals surface area contributed by atoms with Crippen LogP contribution in [0.4, 0.5) is 8.78 Å². The molecule has 0 bridgehead atoms. The summed E-state index contributed by atoms with van der Waals surface area (Å²) in [5.74, 6) is 1.18. The van der Waals surface area contributed by atoms with Crippen LogP contribution in [-0.2, 0) is 13.0 Å². The van der Waals surface area contributed by atoms with Crippen molar-refractivity contribution in [1.29, 1.82) is 0 Å². The molecular formula is C19H23ClF2N4O2. The van der Waals surface area contributed by atoms with E-state index >= 15 is 0 Å². The van der Waals surface area contributed by atoms with Gasteiger partial charge in [0.15, 0.2) is 5.96 Å². The Balaban J connectivity index is 2.03. The highest BCUT2D eigenvalue weighted by Gasteiger charge is 2.11. The van der Waals surface area contributed by atoms with E-state index in [-0.39, 0.29) is 12.3 Å². The van der Waals surface area contributed by atoms with Crippen molar-refractivity contribution in [2.75, 3.05) is 20.2 Å². The largest absolute Gasteiger partial charge is 0.497 e. The molecule has 0 unspecified atom stereocenters. The zero-order valence-electron chi connectivity index (χ0n) is 15.7. The smallest absolute Gasteiger partial charge is 0.387 e. The number of ether oxygens (including phenoxy) is 2. The number of pyridine rings is 1. The standard InChI is InChI=1S/C19H23ClF2N4O2/c1-3-23-19(24-9-8-13-4-7-17(20)25-11-13)26-12-14-10-15(27-2)5-6-16(14)28-18(21)22/h4-7,10-11,18H,3,8-9,12H2,1-2H3,(H2,23,24,26). The van der Waals surface area contributed by atoms with E-state index in [1.807, 2.05) is 13.0 Å². The number of guanidine groups is 1. The lowest BCUT2D eigenvalue weighted by Crippen LogP contribution is -2.38. The molecule has 152 valence electrons. The fourth-order valence-electron chi connectivity index (χ4n) is 2.40. The van der Waals surface area contributed by atoms with Crippen molar-refractivity contribution < 1.29 is 18.3 Å². The Kier molecular flexibility index (Phi) is 8.74. The summed E-state index contributed by atoms with van der Waals surface area (Å²) in [6, 6.07) is 8.29. The van der Waals surface area contributed by atoms with Gasteiger partial charge in [-0.1, -0.05) is 17.7 Å². The number of rotatable bonds is 9. The summed E-state index contributed by atoms with van der Waals surface area (Å²) in [6.07, 6.45) is 2.45. The van der Waals surface area contributed by atoms with Gasteiger partial charge >= 0.3 is 6.61 Å². The highest BCUT2D eigenvalue weighted by Crippen LogP contribution is 2.26. The first-order valence-electron chi connectivity index (χ1n) is 8.76. The highest BCUT2D eigenvalue weighted by atomic mass is 35.5. The van der Waals surface area contributed by atoms with Crippen molar-refractivity contribution >= 4 is 17.6 Å². The monoisotopic (exact) mass is 412 g/mol. The lowest BCUT2D eigenvalue weighted by Gasteiger charge is -2.13. The minimum Gasteiger partial charge on any atom is -0.497 e. The quantitative estimate of drug-likeness (QED) is 0.374. The summed E-state index contributed by atoms with van der Waals surface area (Å²) >= 11 is 5.78. The number of alkyl halides is 2. The maximum absolute atomic E-state index is 12.6. The number of benzene rings is 1. The maximum atomic E-state index is 12.6. The van der Waals surface area contributed by atoms with Crippen molar-refractivity contribution in [2.24, 2.45) is 4.99 Å². The summed E-state index contributed by atoms with van der Waals surface area (Å²) in [4.78, 5) is 8.49. The third-order valence-electron chi connectivity index (χ3n) is 3.73. The van der Waals surface area contributed by atoms with E-state index in [4.69, 9.17) is 16.3 Å². The minimum atomic E-state index is -2.91. The van der Waals surface area contributed by atoms with Gasteiger partial charge < -0.3 is 20.1 Å². The second-order valence-electron chi connectivity index (χ2n) is 5.71.